The Morgan fingerprint density at radius 1 is 1.29 bits per heavy atom. The lowest BCUT2D eigenvalue weighted by Gasteiger charge is -2.09. The SMILES string of the molecule is Cc1ccc2c(C)c/c(=N/NC=O)n(C)c2c1. The number of pyridine rings is 1. The number of aryl methyl sites for hydroxylation is 3. The van der Waals surface area contributed by atoms with E-state index in [0.29, 0.717) is 6.41 Å². The number of amides is 1. The van der Waals surface area contributed by atoms with E-state index in [1.807, 2.05) is 24.6 Å². The third-order valence-corrected chi connectivity index (χ3v) is 2.86. The van der Waals surface area contributed by atoms with Crippen molar-refractivity contribution in [2.75, 3.05) is 0 Å². The van der Waals surface area contributed by atoms with Gasteiger partial charge in [0.2, 0.25) is 6.41 Å². The number of carbonyl (C=O) groups excluding carboxylic acids is 1. The quantitative estimate of drug-likeness (QED) is 0.613. The van der Waals surface area contributed by atoms with Crippen molar-refractivity contribution in [1.29, 1.82) is 0 Å². The highest BCUT2D eigenvalue weighted by atomic mass is 16.1. The summed E-state index contributed by atoms with van der Waals surface area (Å²) < 4.78 is 1.96. The highest BCUT2D eigenvalue weighted by Gasteiger charge is 2.02. The number of nitrogens with one attached hydrogen (secondary N) is 1. The number of hydrogen-bond acceptors (Lipinski definition) is 2. The Balaban J connectivity index is 2.82. The Morgan fingerprint density at radius 3 is 2.76 bits per heavy atom. The van der Waals surface area contributed by atoms with Gasteiger partial charge in [0, 0.05) is 18.0 Å². The zero-order valence-electron chi connectivity index (χ0n) is 10.2. The molecule has 4 heteroatoms. The number of benzene rings is 1. The molecular weight excluding hydrogens is 214 g/mol. The molecule has 1 aromatic carbocycles. The highest BCUT2D eigenvalue weighted by molar-refractivity contribution is 5.82. The minimum Gasteiger partial charge on any atom is -0.327 e. The summed E-state index contributed by atoms with van der Waals surface area (Å²) in [5.74, 6) is 0. The maximum absolute atomic E-state index is 10.3. The molecule has 0 aliphatic rings. The maximum atomic E-state index is 10.3. The molecule has 0 aliphatic heterocycles. The molecule has 0 radical (unpaired) electrons. The Labute approximate surface area is 99.6 Å². The van der Waals surface area contributed by atoms with Crippen molar-refractivity contribution < 1.29 is 4.79 Å². The molecular formula is C13H15N3O. The fourth-order valence-corrected chi connectivity index (χ4v) is 1.94. The van der Waals surface area contributed by atoms with Crippen molar-refractivity contribution in [2.45, 2.75) is 13.8 Å². The summed E-state index contributed by atoms with van der Waals surface area (Å²) in [4.78, 5) is 10.3. The molecule has 0 aliphatic carbocycles. The van der Waals surface area contributed by atoms with Crippen LogP contribution in [0.1, 0.15) is 11.1 Å². The minimum absolute atomic E-state index is 0.565. The van der Waals surface area contributed by atoms with Crippen molar-refractivity contribution in [1.82, 2.24) is 9.99 Å². The largest absolute Gasteiger partial charge is 0.327 e. The lowest BCUT2D eigenvalue weighted by Crippen LogP contribution is -2.22. The molecule has 0 unspecified atom stereocenters. The van der Waals surface area contributed by atoms with Gasteiger partial charge >= 0.3 is 0 Å². The summed E-state index contributed by atoms with van der Waals surface area (Å²) in [5, 5.41) is 5.21. The Bertz CT molecular complexity index is 641. The molecule has 1 amide bonds. The smallest absolute Gasteiger partial charge is 0.227 e. The lowest BCUT2D eigenvalue weighted by atomic mass is 10.1. The monoisotopic (exact) mass is 229 g/mol. The van der Waals surface area contributed by atoms with Crippen molar-refractivity contribution in [3.05, 3.63) is 40.9 Å². The first-order valence-corrected chi connectivity index (χ1v) is 5.43. The molecule has 4 nitrogen and oxygen atoms in total. The van der Waals surface area contributed by atoms with Gasteiger partial charge in [-0.3, -0.25) is 4.79 Å². The van der Waals surface area contributed by atoms with Crippen molar-refractivity contribution >= 4 is 17.3 Å². The summed E-state index contributed by atoms with van der Waals surface area (Å²) in [6, 6.07) is 8.27. The van der Waals surface area contributed by atoms with Gasteiger partial charge in [-0.1, -0.05) is 12.1 Å². The maximum Gasteiger partial charge on any atom is 0.227 e. The van der Waals surface area contributed by atoms with Crippen LogP contribution in [0.25, 0.3) is 10.9 Å². The topological polar surface area (TPSA) is 46.4 Å². The van der Waals surface area contributed by atoms with E-state index < -0.39 is 0 Å². The van der Waals surface area contributed by atoms with Gasteiger partial charge in [-0.05, 0) is 37.1 Å². The highest BCUT2D eigenvalue weighted by Crippen LogP contribution is 2.16. The number of fused-ring (bicyclic) bond motifs is 1. The Morgan fingerprint density at radius 2 is 2.06 bits per heavy atom. The van der Waals surface area contributed by atoms with E-state index in [0.717, 1.165) is 16.6 Å². The molecule has 0 fully saturated rings. The normalized spacial score (nSPS) is 11.8. The summed E-state index contributed by atoms with van der Waals surface area (Å²) in [5.41, 5.74) is 6.52. The van der Waals surface area contributed by atoms with E-state index in [2.05, 4.69) is 35.7 Å². The van der Waals surface area contributed by atoms with E-state index in [1.165, 1.54) is 10.9 Å². The average molecular weight is 229 g/mol. The third kappa shape index (κ3) is 2.06. The lowest BCUT2D eigenvalue weighted by molar-refractivity contribution is -0.109. The van der Waals surface area contributed by atoms with Crippen LogP contribution in [-0.2, 0) is 11.8 Å². The van der Waals surface area contributed by atoms with Crippen LogP contribution in [0, 0.1) is 13.8 Å². The zero-order valence-corrected chi connectivity index (χ0v) is 10.2. The second kappa shape index (κ2) is 4.41. The van der Waals surface area contributed by atoms with Gasteiger partial charge in [0.15, 0.2) is 5.49 Å². The van der Waals surface area contributed by atoms with E-state index in [9.17, 15) is 4.79 Å². The van der Waals surface area contributed by atoms with Gasteiger partial charge in [-0.25, -0.2) is 5.43 Å². The van der Waals surface area contributed by atoms with Crippen LogP contribution in [0.5, 0.6) is 0 Å². The molecule has 0 atom stereocenters. The first-order valence-electron chi connectivity index (χ1n) is 5.43. The minimum atomic E-state index is 0.565. The van der Waals surface area contributed by atoms with Gasteiger partial charge in [0.05, 0.1) is 0 Å². The Hall–Kier alpha value is -2.10. The third-order valence-electron chi connectivity index (χ3n) is 2.86. The average Bonchev–Trinajstić information content (AvgIpc) is 2.32. The molecule has 0 saturated heterocycles. The summed E-state index contributed by atoms with van der Waals surface area (Å²) in [6.45, 7) is 4.10. The van der Waals surface area contributed by atoms with Gasteiger partial charge in [0.25, 0.3) is 0 Å². The predicted molar refractivity (Wildman–Crippen MR) is 67.2 cm³/mol. The zero-order chi connectivity index (χ0) is 12.4. The van der Waals surface area contributed by atoms with Crippen LogP contribution in [-0.4, -0.2) is 11.0 Å². The van der Waals surface area contributed by atoms with Crippen molar-refractivity contribution in [3.63, 3.8) is 0 Å². The molecule has 0 bridgehead atoms. The van der Waals surface area contributed by atoms with Gasteiger partial charge in [-0.15, -0.1) is 0 Å². The van der Waals surface area contributed by atoms with Crippen LogP contribution in [0.4, 0.5) is 0 Å². The number of hydrogen-bond donors (Lipinski definition) is 1. The van der Waals surface area contributed by atoms with E-state index in [-0.39, 0.29) is 0 Å². The Kier molecular flexibility index (Phi) is 2.95. The van der Waals surface area contributed by atoms with Crippen LogP contribution >= 0.6 is 0 Å². The summed E-state index contributed by atoms with van der Waals surface area (Å²) in [7, 11) is 1.94. The molecule has 0 saturated carbocycles. The predicted octanol–water partition coefficient (Wildman–Crippen LogP) is 1.36. The fraction of sp³-hybridized carbons (Fsp3) is 0.231. The second-order valence-corrected chi connectivity index (χ2v) is 4.12. The fourth-order valence-electron chi connectivity index (χ4n) is 1.94. The van der Waals surface area contributed by atoms with Gasteiger partial charge in [0.1, 0.15) is 0 Å². The molecule has 2 aromatic rings. The second-order valence-electron chi connectivity index (χ2n) is 4.12. The van der Waals surface area contributed by atoms with E-state index >= 15 is 0 Å². The van der Waals surface area contributed by atoms with Crippen LogP contribution in [0.2, 0.25) is 0 Å². The number of aromatic nitrogens is 1. The van der Waals surface area contributed by atoms with Crippen LogP contribution < -0.4 is 10.9 Å². The van der Waals surface area contributed by atoms with Crippen LogP contribution in [0.15, 0.2) is 29.4 Å². The number of nitrogens with zero attached hydrogens (tertiary/aromatic N) is 2. The van der Waals surface area contributed by atoms with Crippen molar-refractivity contribution in [2.24, 2.45) is 12.1 Å². The summed E-state index contributed by atoms with van der Waals surface area (Å²) >= 11 is 0. The molecule has 2 rings (SSSR count). The standard InChI is InChI=1S/C13H15N3O/c1-9-4-5-11-10(2)7-13(15-14-8-17)16(3)12(11)6-9/h4-8H,1-3H3,(H,14,17)/b15-13-. The van der Waals surface area contributed by atoms with Crippen molar-refractivity contribution in [3.8, 4) is 0 Å². The molecule has 17 heavy (non-hydrogen) atoms. The van der Waals surface area contributed by atoms with Gasteiger partial charge in [-0.2, -0.15) is 5.10 Å². The first-order chi connectivity index (χ1) is 8.13. The molecule has 88 valence electrons. The van der Waals surface area contributed by atoms with E-state index in [1.54, 1.807) is 0 Å². The molecule has 0 spiro atoms. The molecule has 1 aromatic heterocycles. The molecule has 1 N–H and O–H groups in total. The van der Waals surface area contributed by atoms with Gasteiger partial charge < -0.3 is 4.57 Å². The summed E-state index contributed by atoms with van der Waals surface area (Å²) in [6.07, 6.45) is 0.565. The number of carbonyl (C=O) groups is 1. The molecule has 1 heterocycles. The first kappa shape index (κ1) is 11.4. The van der Waals surface area contributed by atoms with E-state index in [4.69, 9.17) is 0 Å². The van der Waals surface area contributed by atoms with Crippen LogP contribution in [0.3, 0.4) is 0 Å². The number of rotatable bonds is 2.